The third-order valence-electron chi connectivity index (χ3n) is 4.05. The van der Waals surface area contributed by atoms with Crippen LogP contribution in [0.4, 0.5) is 5.69 Å². The molecule has 0 bridgehead atoms. The Balaban J connectivity index is 1.64. The van der Waals surface area contributed by atoms with E-state index in [1.54, 1.807) is 53.6 Å². The Labute approximate surface area is 172 Å². The fourth-order valence-corrected chi connectivity index (χ4v) is 6.08. The van der Waals surface area contributed by atoms with Gasteiger partial charge >= 0.3 is 0 Å². The van der Waals surface area contributed by atoms with Crippen molar-refractivity contribution in [3.8, 4) is 0 Å². The number of anilines is 1. The van der Waals surface area contributed by atoms with Gasteiger partial charge in [0.25, 0.3) is 10.0 Å². The van der Waals surface area contributed by atoms with Crippen molar-refractivity contribution in [3.63, 3.8) is 0 Å². The molecule has 4 rings (SSSR count). The fourth-order valence-electron chi connectivity index (χ4n) is 2.77. The minimum absolute atomic E-state index is 0.170. The number of benzene rings is 2. The minimum atomic E-state index is -3.76. The zero-order valence-electron chi connectivity index (χ0n) is 15.4. The Morgan fingerprint density at radius 3 is 2.79 bits per heavy atom. The zero-order chi connectivity index (χ0) is 19.7. The second-order valence-electron chi connectivity index (χ2n) is 6.80. The number of pyridine rings is 1. The van der Waals surface area contributed by atoms with Crippen LogP contribution in [0, 0.1) is 5.92 Å². The van der Waals surface area contributed by atoms with Gasteiger partial charge in [-0.3, -0.25) is 9.71 Å². The molecule has 0 saturated heterocycles. The average molecular weight is 430 g/mol. The number of sulfonamides is 1. The number of hydrogen-bond donors (Lipinski definition) is 1. The molecule has 2 aromatic carbocycles. The highest BCUT2D eigenvalue weighted by Gasteiger charge is 2.19. The molecule has 4 aromatic rings. The Kier molecular flexibility index (Phi) is 5.27. The molecule has 0 aliphatic carbocycles. The fraction of sp³-hybridized carbons (Fsp3) is 0.200. The van der Waals surface area contributed by atoms with Crippen LogP contribution >= 0.6 is 23.1 Å². The minimum Gasteiger partial charge on any atom is -0.280 e. The van der Waals surface area contributed by atoms with Gasteiger partial charge in [-0.05, 0) is 36.2 Å². The highest BCUT2D eigenvalue weighted by Crippen LogP contribution is 2.33. The SMILES string of the molecule is CC(C)CSc1nc2ccc(NS(=O)(=O)c3cccc4cccnc34)cc2s1. The van der Waals surface area contributed by atoms with E-state index in [9.17, 15) is 8.42 Å². The molecule has 1 N–H and O–H groups in total. The summed E-state index contributed by atoms with van der Waals surface area (Å²) in [5.74, 6) is 1.60. The van der Waals surface area contributed by atoms with Gasteiger partial charge in [0.05, 0.1) is 21.4 Å². The highest BCUT2D eigenvalue weighted by molar-refractivity contribution is 8.01. The summed E-state index contributed by atoms with van der Waals surface area (Å²) < 4.78 is 30.6. The van der Waals surface area contributed by atoms with E-state index in [-0.39, 0.29) is 4.90 Å². The number of hydrogen-bond acceptors (Lipinski definition) is 6. The van der Waals surface area contributed by atoms with E-state index in [0.29, 0.717) is 17.1 Å². The first-order valence-corrected chi connectivity index (χ1v) is 12.1. The number of nitrogens with zero attached hydrogens (tertiary/aromatic N) is 2. The lowest BCUT2D eigenvalue weighted by Crippen LogP contribution is -2.13. The number of nitrogens with one attached hydrogen (secondary N) is 1. The lowest BCUT2D eigenvalue weighted by molar-refractivity contribution is 0.602. The maximum absolute atomic E-state index is 13.0. The third-order valence-corrected chi connectivity index (χ3v) is 8.05. The van der Waals surface area contributed by atoms with Crippen LogP contribution in [0.15, 0.2) is 64.0 Å². The summed E-state index contributed by atoms with van der Waals surface area (Å²) >= 11 is 3.31. The molecule has 0 aliphatic heterocycles. The average Bonchev–Trinajstić information content (AvgIpc) is 3.08. The first kappa shape index (κ1) is 19.2. The molecule has 0 saturated carbocycles. The van der Waals surface area contributed by atoms with Crippen LogP contribution in [-0.4, -0.2) is 24.1 Å². The van der Waals surface area contributed by atoms with Gasteiger partial charge in [0.2, 0.25) is 0 Å². The summed E-state index contributed by atoms with van der Waals surface area (Å²) in [7, 11) is -3.76. The second-order valence-corrected chi connectivity index (χ2v) is 10.8. The van der Waals surface area contributed by atoms with Crippen molar-refractivity contribution in [3.05, 3.63) is 54.7 Å². The number of thiazole rings is 1. The summed E-state index contributed by atoms with van der Waals surface area (Å²) in [4.78, 5) is 9.03. The van der Waals surface area contributed by atoms with Crippen LogP contribution in [0.5, 0.6) is 0 Å². The Morgan fingerprint density at radius 2 is 1.96 bits per heavy atom. The first-order valence-electron chi connectivity index (χ1n) is 8.82. The van der Waals surface area contributed by atoms with Gasteiger partial charge in [-0.15, -0.1) is 11.3 Å². The van der Waals surface area contributed by atoms with Gasteiger partial charge in [0.15, 0.2) is 4.34 Å². The van der Waals surface area contributed by atoms with E-state index in [1.807, 2.05) is 24.3 Å². The van der Waals surface area contributed by atoms with Gasteiger partial charge in [0.1, 0.15) is 4.90 Å². The maximum Gasteiger partial charge on any atom is 0.264 e. The summed E-state index contributed by atoms with van der Waals surface area (Å²) in [5, 5.41) is 0.787. The molecule has 0 unspecified atom stereocenters. The van der Waals surface area contributed by atoms with Crippen molar-refractivity contribution in [2.45, 2.75) is 23.1 Å². The van der Waals surface area contributed by atoms with Crippen LogP contribution in [0.2, 0.25) is 0 Å². The van der Waals surface area contributed by atoms with E-state index < -0.39 is 10.0 Å². The molecule has 0 spiro atoms. The van der Waals surface area contributed by atoms with E-state index in [4.69, 9.17) is 0 Å². The number of rotatable bonds is 6. The van der Waals surface area contributed by atoms with Crippen molar-refractivity contribution >= 4 is 59.9 Å². The van der Waals surface area contributed by atoms with Crippen LogP contribution in [-0.2, 0) is 10.0 Å². The molecule has 0 aliphatic rings. The van der Waals surface area contributed by atoms with Crippen LogP contribution in [0.3, 0.4) is 0 Å². The zero-order valence-corrected chi connectivity index (χ0v) is 17.9. The number of fused-ring (bicyclic) bond motifs is 2. The quantitative estimate of drug-likeness (QED) is 0.416. The second kappa shape index (κ2) is 7.69. The van der Waals surface area contributed by atoms with Gasteiger partial charge in [0, 0.05) is 17.3 Å². The molecule has 28 heavy (non-hydrogen) atoms. The van der Waals surface area contributed by atoms with Crippen molar-refractivity contribution in [2.75, 3.05) is 10.5 Å². The molecule has 8 heteroatoms. The third kappa shape index (κ3) is 3.99. The molecular weight excluding hydrogens is 410 g/mol. The summed E-state index contributed by atoms with van der Waals surface area (Å²) in [6.07, 6.45) is 1.60. The summed E-state index contributed by atoms with van der Waals surface area (Å²) in [6.45, 7) is 4.35. The van der Waals surface area contributed by atoms with Crippen LogP contribution in [0.1, 0.15) is 13.8 Å². The molecule has 0 radical (unpaired) electrons. The molecule has 2 heterocycles. The van der Waals surface area contributed by atoms with Gasteiger partial charge in [-0.1, -0.05) is 43.8 Å². The van der Waals surface area contributed by atoms with E-state index >= 15 is 0 Å². The lowest BCUT2D eigenvalue weighted by Gasteiger charge is -2.10. The summed E-state index contributed by atoms with van der Waals surface area (Å²) in [6, 6.07) is 14.2. The highest BCUT2D eigenvalue weighted by atomic mass is 32.2. The number of aromatic nitrogens is 2. The Morgan fingerprint density at radius 1 is 1.14 bits per heavy atom. The number of thioether (sulfide) groups is 1. The van der Waals surface area contributed by atoms with E-state index in [0.717, 1.165) is 25.7 Å². The number of para-hydroxylation sites is 1. The molecule has 2 aromatic heterocycles. The van der Waals surface area contributed by atoms with E-state index in [2.05, 4.69) is 28.5 Å². The standard InChI is InChI=1S/C20H19N3O2S3/c1-13(2)12-26-20-22-16-9-8-15(11-17(16)27-20)23-28(24,25)18-7-3-5-14-6-4-10-21-19(14)18/h3-11,13,23H,12H2,1-2H3. The molecule has 0 fully saturated rings. The first-order chi connectivity index (χ1) is 13.4. The van der Waals surface area contributed by atoms with Crippen molar-refractivity contribution in [2.24, 2.45) is 5.92 Å². The molecule has 0 amide bonds. The van der Waals surface area contributed by atoms with E-state index in [1.165, 1.54) is 0 Å². The largest absolute Gasteiger partial charge is 0.280 e. The topological polar surface area (TPSA) is 72.0 Å². The van der Waals surface area contributed by atoms with Gasteiger partial charge in [-0.25, -0.2) is 13.4 Å². The Hall–Kier alpha value is -2.16. The predicted octanol–water partition coefficient (Wildman–Crippen LogP) is 5.39. The van der Waals surface area contributed by atoms with Crippen molar-refractivity contribution < 1.29 is 8.42 Å². The predicted molar refractivity (Wildman–Crippen MR) is 118 cm³/mol. The monoisotopic (exact) mass is 429 g/mol. The van der Waals surface area contributed by atoms with Gasteiger partial charge in [-0.2, -0.15) is 0 Å². The van der Waals surface area contributed by atoms with Crippen LogP contribution < -0.4 is 4.72 Å². The van der Waals surface area contributed by atoms with Crippen molar-refractivity contribution in [1.82, 2.24) is 9.97 Å². The molecule has 0 atom stereocenters. The molecule has 5 nitrogen and oxygen atoms in total. The van der Waals surface area contributed by atoms with Crippen LogP contribution in [0.25, 0.3) is 21.1 Å². The smallest absolute Gasteiger partial charge is 0.264 e. The maximum atomic E-state index is 13.0. The summed E-state index contributed by atoms with van der Waals surface area (Å²) in [5.41, 5.74) is 1.86. The normalized spacial score (nSPS) is 12.1. The molecule has 144 valence electrons. The van der Waals surface area contributed by atoms with Gasteiger partial charge < -0.3 is 0 Å². The van der Waals surface area contributed by atoms with Crippen molar-refractivity contribution in [1.29, 1.82) is 0 Å². The Bertz CT molecular complexity index is 1240. The lowest BCUT2D eigenvalue weighted by atomic mass is 10.2. The molecular formula is C20H19N3O2S3.